The molecule has 25 heavy (non-hydrogen) atoms. The second-order valence-electron chi connectivity index (χ2n) is 6.76. The lowest BCUT2D eigenvalue weighted by molar-refractivity contribution is -0.127. The summed E-state index contributed by atoms with van der Waals surface area (Å²) in [6.45, 7) is 1.87. The molecule has 4 heterocycles. The van der Waals surface area contributed by atoms with Crippen LogP contribution in [0.3, 0.4) is 0 Å². The molecule has 2 saturated heterocycles. The van der Waals surface area contributed by atoms with E-state index < -0.39 is 5.41 Å². The van der Waals surface area contributed by atoms with E-state index in [1.54, 1.807) is 36.9 Å². The largest absolute Gasteiger partial charge is 0.338 e. The van der Waals surface area contributed by atoms with Crippen molar-refractivity contribution in [1.29, 1.82) is 0 Å². The first kappa shape index (κ1) is 15.7. The van der Waals surface area contributed by atoms with E-state index in [0.717, 1.165) is 24.9 Å². The Morgan fingerprint density at radius 3 is 2.64 bits per heavy atom. The van der Waals surface area contributed by atoms with Crippen molar-refractivity contribution in [1.82, 2.24) is 14.9 Å². The lowest BCUT2D eigenvalue weighted by atomic mass is 9.78. The van der Waals surface area contributed by atoms with Crippen LogP contribution < -0.4 is 4.90 Å². The Morgan fingerprint density at radius 1 is 1.04 bits per heavy atom. The summed E-state index contributed by atoms with van der Waals surface area (Å²) in [5.74, 6) is 0.0989. The van der Waals surface area contributed by atoms with E-state index in [9.17, 15) is 9.59 Å². The number of carbonyl (C=O) groups excluding carboxylic acids is 2. The lowest BCUT2D eigenvalue weighted by Crippen LogP contribution is -2.50. The van der Waals surface area contributed by atoms with E-state index in [1.165, 1.54) is 0 Å². The van der Waals surface area contributed by atoms with Crippen LogP contribution >= 0.6 is 0 Å². The van der Waals surface area contributed by atoms with Gasteiger partial charge in [-0.25, -0.2) is 0 Å². The van der Waals surface area contributed by atoms with Crippen LogP contribution in [0.1, 0.15) is 29.6 Å². The third kappa shape index (κ3) is 2.77. The highest BCUT2D eigenvalue weighted by Gasteiger charge is 2.50. The summed E-state index contributed by atoms with van der Waals surface area (Å²) >= 11 is 0. The third-order valence-corrected chi connectivity index (χ3v) is 5.26. The second kappa shape index (κ2) is 6.27. The van der Waals surface area contributed by atoms with E-state index in [4.69, 9.17) is 0 Å². The van der Waals surface area contributed by atoms with Crippen molar-refractivity contribution in [2.24, 2.45) is 5.41 Å². The molecule has 0 radical (unpaired) electrons. The molecule has 0 saturated carbocycles. The molecule has 4 rings (SSSR count). The molecule has 6 heteroatoms. The van der Waals surface area contributed by atoms with Crippen molar-refractivity contribution in [3.63, 3.8) is 0 Å². The number of aromatic nitrogens is 2. The van der Waals surface area contributed by atoms with E-state index in [2.05, 4.69) is 9.97 Å². The highest BCUT2D eigenvalue weighted by Crippen LogP contribution is 2.41. The van der Waals surface area contributed by atoms with Gasteiger partial charge in [0.15, 0.2) is 0 Å². The van der Waals surface area contributed by atoms with Crippen LogP contribution in [0.2, 0.25) is 0 Å². The fraction of sp³-hybridized carbons (Fsp3) is 0.368. The maximum absolute atomic E-state index is 13.1. The van der Waals surface area contributed by atoms with E-state index >= 15 is 0 Å². The third-order valence-electron chi connectivity index (χ3n) is 5.26. The van der Waals surface area contributed by atoms with Gasteiger partial charge in [-0.15, -0.1) is 0 Å². The Bertz CT molecular complexity index is 781. The first-order valence-electron chi connectivity index (χ1n) is 8.61. The molecular weight excluding hydrogens is 316 g/mol. The zero-order valence-electron chi connectivity index (χ0n) is 14.0. The molecular formula is C19H20N4O2. The molecule has 2 fully saturated rings. The standard InChI is InChI=1S/C19H20N4O2/c24-17(15-4-9-20-10-5-15)22-11-2-6-19(14-22)7-12-23(18(19)25)16-3-1-8-21-13-16/h1,3-5,8-10,13H,2,6-7,11-12,14H2. The second-order valence-corrected chi connectivity index (χ2v) is 6.76. The summed E-state index contributed by atoms with van der Waals surface area (Å²) in [6, 6.07) is 7.20. The molecule has 2 aromatic heterocycles. The average molecular weight is 336 g/mol. The molecule has 2 amide bonds. The fourth-order valence-corrected chi connectivity index (χ4v) is 3.94. The van der Waals surface area contributed by atoms with Crippen LogP contribution in [0.5, 0.6) is 0 Å². The number of pyridine rings is 2. The van der Waals surface area contributed by atoms with Gasteiger partial charge in [-0.3, -0.25) is 19.6 Å². The smallest absolute Gasteiger partial charge is 0.253 e. The van der Waals surface area contributed by atoms with Crippen molar-refractivity contribution in [3.8, 4) is 0 Å². The topological polar surface area (TPSA) is 66.4 Å². The zero-order chi connectivity index (χ0) is 17.3. The van der Waals surface area contributed by atoms with Crippen LogP contribution in [0.4, 0.5) is 5.69 Å². The maximum Gasteiger partial charge on any atom is 0.253 e. The first-order valence-corrected chi connectivity index (χ1v) is 8.61. The van der Waals surface area contributed by atoms with Crippen LogP contribution in [0.25, 0.3) is 0 Å². The van der Waals surface area contributed by atoms with E-state index in [0.29, 0.717) is 25.2 Å². The van der Waals surface area contributed by atoms with Crippen molar-refractivity contribution in [2.45, 2.75) is 19.3 Å². The monoisotopic (exact) mass is 336 g/mol. The number of likely N-dealkylation sites (tertiary alicyclic amines) is 1. The van der Waals surface area contributed by atoms with Crippen molar-refractivity contribution < 1.29 is 9.59 Å². The van der Waals surface area contributed by atoms with Crippen molar-refractivity contribution >= 4 is 17.5 Å². The van der Waals surface area contributed by atoms with Gasteiger partial charge < -0.3 is 9.80 Å². The summed E-state index contributed by atoms with van der Waals surface area (Å²) in [5.41, 5.74) is 1.00. The molecule has 1 spiro atoms. The molecule has 1 atom stereocenters. The van der Waals surface area contributed by atoms with Gasteiger partial charge in [0.2, 0.25) is 5.91 Å². The summed E-state index contributed by atoms with van der Waals surface area (Å²) < 4.78 is 0. The molecule has 2 aliphatic heterocycles. The average Bonchev–Trinajstić information content (AvgIpc) is 2.98. The highest BCUT2D eigenvalue weighted by atomic mass is 16.2. The van der Waals surface area contributed by atoms with Gasteiger partial charge in [-0.2, -0.15) is 0 Å². The minimum Gasteiger partial charge on any atom is -0.338 e. The number of anilines is 1. The molecule has 128 valence electrons. The fourth-order valence-electron chi connectivity index (χ4n) is 3.94. The minimum atomic E-state index is -0.462. The molecule has 0 N–H and O–H groups in total. The molecule has 2 aliphatic rings. The summed E-state index contributed by atoms with van der Waals surface area (Å²) in [4.78, 5) is 37.6. The Balaban J connectivity index is 1.55. The summed E-state index contributed by atoms with van der Waals surface area (Å²) in [5, 5.41) is 0. The quantitative estimate of drug-likeness (QED) is 0.843. The van der Waals surface area contributed by atoms with Gasteiger partial charge in [-0.05, 0) is 43.5 Å². The SMILES string of the molecule is O=C(c1ccncc1)N1CCCC2(CCN(c3cccnc3)C2=O)C1. The molecule has 6 nitrogen and oxygen atoms in total. The van der Waals surface area contributed by atoms with Crippen LogP contribution in [-0.4, -0.2) is 46.3 Å². The van der Waals surface area contributed by atoms with Crippen LogP contribution in [-0.2, 0) is 4.79 Å². The van der Waals surface area contributed by atoms with Crippen molar-refractivity contribution in [2.75, 3.05) is 24.5 Å². The number of piperidine rings is 1. The number of amides is 2. The Kier molecular flexibility index (Phi) is 3.95. The van der Waals surface area contributed by atoms with Gasteiger partial charge in [0.05, 0.1) is 17.3 Å². The number of hydrogen-bond acceptors (Lipinski definition) is 4. The molecule has 0 bridgehead atoms. The number of nitrogens with zero attached hydrogens (tertiary/aromatic N) is 4. The predicted octanol–water partition coefficient (Wildman–Crippen LogP) is 2.14. The zero-order valence-corrected chi connectivity index (χ0v) is 14.0. The minimum absolute atomic E-state index is 0.0193. The Labute approximate surface area is 146 Å². The normalized spacial score (nSPS) is 23.3. The molecule has 0 aliphatic carbocycles. The van der Waals surface area contributed by atoms with Crippen LogP contribution in [0.15, 0.2) is 49.1 Å². The first-order chi connectivity index (χ1) is 12.2. The Morgan fingerprint density at radius 2 is 1.88 bits per heavy atom. The van der Waals surface area contributed by atoms with E-state index in [1.807, 2.05) is 21.9 Å². The number of hydrogen-bond donors (Lipinski definition) is 0. The van der Waals surface area contributed by atoms with Gasteiger partial charge in [-0.1, -0.05) is 0 Å². The number of rotatable bonds is 2. The van der Waals surface area contributed by atoms with Gasteiger partial charge in [0.25, 0.3) is 5.91 Å². The van der Waals surface area contributed by atoms with Gasteiger partial charge in [0.1, 0.15) is 0 Å². The predicted molar refractivity (Wildman–Crippen MR) is 93.0 cm³/mol. The highest BCUT2D eigenvalue weighted by molar-refractivity contribution is 6.01. The lowest BCUT2D eigenvalue weighted by Gasteiger charge is -2.39. The van der Waals surface area contributed by atoms with E-state index in [-0.39, 0.29) is 11.8 Å². The van der Waals surface area contributed by atoms with Crippen LogP contribution in [0, 0.1) is 5.41 Å². The summed E-state index contributed by atoms with van der Waals surface area (Å²) in [6.07, 6.45) is 9.14. The molecule has 1 unspecified atom stereocenters. The summed E-state index contributed by atoms with van der Waals surface area (Å²) in [7, 11) is 0. The molecule has 0 aromatic carbocycles. The number of carbonyl (C=O) groups is 2. The Hall–Kier alpha value is -2.76. The molecule has 2 aromatic rings. The van der Waals surface area contributed by atoms with Gasteiger partial charge >= 0.3 is 0 Å². The van der Waals surface area contributed by atoms with Crippen molar-refractivity contribution in [3.05, 3.63) is 54.6 Å². The van der Waals surface area contributed by atoms with Gasteiger partial charge in [0, 0.05) is 43.8 Å². The maximum atomic E-state index is 13.1.